The molecule has 0 unspecified atom stereocenters. The van der Waals surface area contributed by atoms with Gasteiger partial charge in [0.2, 0.25) is 0 Å². The van der Waals surface area contributed by atoms with Crippen LogP contribution in [-0.2, 0) is 12.8 Å². The van der Waals surface area contributed by atoms with Crippen LogP contribution in [0.25, 0.3) is 11.3 Å². The largest absolute Gasteiger partial charge is 0.206 e. The third-order valence-corrected chi connectivity index (χ3v) is 6.32. The van der Waals surface area contributed by atoms with Gasteiger partial charge in [-0.15, -0.1) is 0 Å². The number of benzene rings is 1. The molecule has 0 spiro atoms. The second-order valence-corrected chi connectivity index (χ2v) is 8.54. The molecule has 1 heterocycles. The third kappa shape index (κ3) is 5.86. The van der Waals surface area contributed by atoms with Gasteiger partial charge < -0.3 is 0 Å². The molecule has 1 fully saturated rings. The number of hydrogen-bond donors (Lipinski definition) is 0. The molecular weight excluding hydrogens is 347 g/mol. The van der Waals surface area contributed by atoms with Gasteiger partial charge in [0.25, 0.3) is 0 Å². The molecule has 0 bridgehead atoms. The van der Waals surface area contributed by atoms with Crippen molar-refractivity contribution < 1.29 is 4.39 Å². The van der Waals surface area contributed by atoms with Gasteiger partial charge in [-0.05, 0) is 67.3 Å². The van der Waals surface area contributed by atoms with Gasteiger partial charge in [-0.3, -0.25) is 0 Å². The molecule has 0 saturated heterocycles. The number of rotatable bonds is 9. The Morgan fingerprint density at radius 3 is 2.21 bits per heavy atom. The van der Waals surface area contributed by atoms with Crippen molar-refractivity contribution in [1.29, 1.82) is 0 Å². The van der Waals surface area contributed by atoms with Gasteiger partial charge in [0, 0.05) is 5.56 Å². The molecule has 3 rings (SSSR count). The van der Waals surface area contributed by atoms with Crippen LogP contribution >= 0.6 is 0 Å². The van der Waals surface area contributed by atoms with E-state index in [1.165, 1.54) is 44.9 Å². The molecule has 1 aliphatic carbocycles. The van der Waals surface area contributed by atoms with E-state index >= 15 is 0 Å². The van der Waals surface area contributed by atoms with E-state index in [1.807, 2.05) is 24.3 Å². The first kappa shape index (κ1) is 21.0. The van der Waals surface area contributed by atoms with Gasteiger partial charge in [0.05, 0.1) is 11.4 Å². The van der Waals surface area contributed by atoms with Crippen LogP contribution in [0, 0.1) is 17.7 Å². The highest BCUT2D eigenvalue weighted by molar-refractivity contribution is 5.59. The first-order valence-electron chi connectivity index (χ1n) is 11.3. The molecule has 0 N–H and O–H groups in total. The zero-order valence-corrected chi connectivity index (χ0v) is 17.6. The van der Waals surface area contributed by atoms with E-state index in [1.54, 1.807) is 6.07 Å². The molecule has 0 radical (unpaired) electrons. The van der Waals surface area contributed by atoms with Crippen molar-refractivity contribution in [3.05, 3.63) is 47.4 Å². The summed E-state index contributed by atoms with van der Waals surface area (Å²) in [5, 5.41) is 8.69. The van der Waals surface area contributed by atoms with Crippen molar-refractivity contribution in [2.45, 2.75) is 84.5 Å². The first-order valence-corrected chi connectivity index (χ1v) is 11.3. The first-order chi connectivity index (χ1) is 13.7. The number of aromatic nitrogens is 2. The van der Waals surface area contributed by atoms with Crippen molar-refractivity contribution in [2.24, 2.45) is 11.8 Å². The Balaban J connectivity index is 1.52. The van der Waals surface area contributed by atoms with Crippen LogP contribution in [0.4, 0.5) is 4.39 Å². The molecule has 0 aliphatic heterocycles. The minimum Gasteiger partial charge on any atom is -0.206 e. The lowest BCUT2D eigenvalue weighted by Crippen LogP contribution is -2.15. The monoisotopic (exact) mass is 382 g/mol. The summed E-state index contributed by atoms with van der Waals surface area (Å²) in [6.45, 7) is 4.44. The van der Waals surface area contributed by atoms with E-state index in [2.05, 4.69) is 24.0 Å². The fourth-order valence-electron chi connectivity index (χ4n) is 4.51. The van der Waals surface area contributed by atoms with Crippen molar-refractivity contribution >= 4 is 0 Å². The maximum atomic E-state index is 14.5. The summed E-state index contributed by atoms with van der Waals surface area (Å²) in [6.07, 6.45) is 13.6. The Morgan fingerprint density at radius 1 is 0.857 bits per heavy atom. The minimum absolute atomic E-state index is 0.195. The van der Waals surface area contributed by atoms with Crippen LogP contribution < -0.4 is 0 Å². The molecule has 3 heteroatoms. The topological polar surface area (TPSA) is 25.8 Å². The Labute approximate surface area is 170 Å². The summed E-state index contributed by atoms with van der Waals surface area (Å²) in [7, 11) is 0. The number of halogens is 1. The Kier molecular flexibility index (Phi) is 8.00. The summed E-state index contributed by atoms with van der Waals surface area (Å²) in [5.74, 6) is 1.60. The maximum Gasteiger partial charge on any atom is 0.132 e. The lowest BCUT2D eigenvalue weighted by molar-refractivity contribution is 0.252. The van der Waals surface area contributed by atoms with Crippen molar-refractivity contribution in [3.8, 4) is 11.3 Å². The number of aryl methyl sites for hydroxylation is 2. The smallest absolute Gasteiger partial charge is 0.132 e. The second-order valence-electron chi connectivity index (χ2n) is 8.54. The van der Waals surface area contributed by atoms with E-state index in [9.17, 15) is 4.39 Å². The van der Waals surface area contributed by atoms with Gasteiger partial charge in [-0.2, -0.15) is 10.2 Å². The maximum absolute atomic E-state index is 14.5. The Hall–Kier alpha value is -1.77. The molecule has 1 aliphatic rings. The zero-order chi connectivity index (χ0) is 19.8. The fraction of sp³-hybridized carbons (Fsp3) is 0.600. The standard InChI is InChI=1S/C25H35FN2/c1-3-5-7-21-13-16-23(24(26)18-21)25-17-15-22(27-28-25)14-12-20-10-8-19(6-4-2)9-11-20/h13,15-20H,3-12,14H2,1-2H3. The summed E-state index contributed by atoms with van der Waals surface area (Å²) >= 11 is 0. The fourth-order valence-corrected chi connectivity index (χ4v) is 4.51. The van der Waals surface area contributed by atoms with Gasteiger partial charge in [-0.25, -0.2) is 4.39 Å². The Morgan fingerprint density at radius 2 is 1.61 bits per heavy atom. The summed E-state index contributed by atoms with van der Waals surface area (Å²) in [4.78, 5) is 0. The molecule has 2 aromatic rings. The SMILES string of the molecule is CCCCc1ccc(-c2ccc(CCC3CCC(CCC)CC3)nn2)c(F)c1. The van der Waals surface area contributed by atoms with Crippen LogP contribution in [0.3, 0.4) is 0 Å². The number of hydrogen-bond acceptors (Lipinski definition) is 2. The van der Waals surface area contributed by atoms with E-state index in [0.29, 0.717) is 11.3 Å². The molecule has 28 heavy (non-hydrogen) atoms. The van der Waals surface area contributed by atoms with Crippen LogP contribution in [0.15, 0.2) is 30.3 Å². The molecule has 1 saturated carbocycles. The predicted molar refractivity (Wildman–Crippen MR) is 115 cm³/mol. The molecule has 1 aromatic heterocycles. The summed E-state index contributed by atoms with van der Waals surface area (Å²) in [6, 6.07) is 9.45. The highest BCUT2D eigenvalue weighted by Crippen LogP contribution is 2.33. The van der Waals surface area contributed by atoms with Gasteiger partial charge in [0.1, 0.15) is 5.82 Å². The van der Waals surface area contributed by atoms with E-state index in [-0.39, 0.29) is 5.82 Å². The van der Waals surface area contributed by atoms with Gasteiger partial charge in [-0.1, -0.05) is 64.9 Å². The summed E-state index contributed by atoms with van der Waals surface area (Å²) < 4.78 is 14.5. The average Bonchev–Trinajstić information content (AvgIpc) is 2.72. The molecule has 152 valence electrons. The second kappa shape index (κ2) is 10.7. The molecular formula is C25H35FN2. The molecule has 2 nitrogen and oxygen atoms in total. The van der Waals surface area contributed by atoms with Crippen molar-refractivity contribution in [2.75, 3.05) is 0 Å². The number of unbranched alkanes of at least 4 members (excludes halogenated alkanes) is 1. The number of nitrogens with zero attached hydrogens (tertiary/aromatic N) is 2. The van der Waals surface area contributed by atoms with E-state index < -0.39 is 0 Å². The van der Waals surface area contributed by atoms with Crippen LogP contribution in [0.2, 0.25) is 0 Å². The van der Waals surface area contributed by atoms with Crippen LogP contribution in [-0.4, -0.2) is 10.2 Å². The average molecular weight is 383 g/mol. The lowest BCUT2D eigenvalue weighted by atomic mass is 9.78. The van der Waals surface area contributed by atoms with Crippen LogP contribution in [0.1, 0.15) is 82.9 Å². The lowest BCUT2D eigenvalue weighted by Gasteiger charge is -2.28. The van der Waals surface area contributed by atoms with E-state index in [0.717, 1.165) is 48.8 Å². The highest BCUT2D eigenvalue weighted by Gasteiger charge is 2.20. The predicted octanol–water partition coefficient (Wildman–Crippen LogP) is 7.16. The highest BCUT2D eigenvalue weighted by atomic mass is 19.1. The van der Waals surface area contributed by atoms with Crippen molar-refractivity contribution in [3.63, 3.8) is 0 Å². The van der Waals surface area contributed by atoms with Crippen molar-refractivity contribution in [1.82, 2.24) is 10.2 Å². The Bertz CT molecular complexity index is 718. The normalized spacial score (nSPS) is 19.7. The summed E-state index contributed by atoms with van der Waals surface area (Å²) in [5.41, 5.74) is 3.26. The molecule has 0 atom stereocenters. The van der Waals surface area contributed by atoms with Crippen LogP contribution in [0.5, 0.6) is 0 Å². The molecule has 0 amide bonds. The van der Waals surface area contributed by atoms with Gasteiger partial charge >= 0.3 is 0 Å². The van der Waals surface area contributed by atoms with Gasteiger partial charge in [0.15, 0.2) is 0 Å². The van der Waals surface area contributed by atoms with E-state index in [4.69, 9.17) is 0 Å². The molecule has 1 aromatic carbocycles. The quantitative estimate of drug-likeness (QED) is 0.459. The third-order valence-electron chi connectivity index (χ3n) is 6.32. The minimum atomic E-state index is -0.195. The zero-order valence-electron chi connectivity index (χ0n) is 17.6.